The van der Waals surface area contributed by atoms with Crippen LogP contribution in [0.5, 0.6) is 0 Å². The zero-order valence-corrected chi connectivity index (χ0v) is 14.4. The van der Waals surface area contributed by atoms with Crippen molar-refractivity contribution >= 4 is 11.6 Å². The van der Waals surface area contributed by atoms with Crippen molar-refractivity contribution < 1.29 is 4.74 Å². The number of morpholine rings is 1. The maximum absolute atomic E-state index is 6.05. The van der Waals surface area contributed by atoms with Crippen LogP contribution < -0.4 is 0 Å². The molecule has 1 aliphatic carbocycles. The van der Waals surface area contributed by atoms with E-state index in [4.69, 9.17) is 16.3 Å². The van der Waals surface area contributed by atoms with Crippen LogP contribution in [0.3, 0.4) is 0 Å². The Morgan fingerprint density at radius 3 is 2.41 bits per heavy atom. The van der Waals surface area contributed by atoms with Gasteiger partial charge < -0.3 is 9.64 Å². The van der Waals surface area contributed by atoms with Gasteiger partial charge in [-0.1, -0.05) is 23.7 Å². The molecular formula is C18H27ClN2O. The van der Waals surface area contributed by atoms with Gasteiger partial charge in [-0.2, -0.15) is 0 Å². The van der Waals surface area contributed by atoms with E-state index in [1.165, 1.54) is 24.8 Å². The molecule has 1 aromatic rings. The lowest BCUT2D eigenvalue weighted by molar-refractivity contribution is -0.00255. The van der Waals surface area contributed by atoms with E-state index in [0.29, 0.717) is 18.0 Å². The molecule has 2 aliphatic rings. The maximum atomic E-state index is 6.05. The van der Waals surface area contributed by atoms with Crippen LogP contribution in [-0.4, -0.2) is 62.3 Å². The predicted octanol–water partition coefficient (Wildman–Crippen LogP) is 3.24. The third kappa shape index (κ3) is 3.65. The van der Waals surface area contributed by atoms with Crippen LogP contribution in [0.4, 0.5) is 0 Å². The van der Waals surface area contributed by atoms with Crippen molar-refractivity contribution in [2.45, 2.75) is 37.3 Å². The van der Waals surface area contributed by atoms with Crippen molar-refractivity contribution in [1.29, 1.82) is 0 Å². The number of benzene rings is 1. The van der Waals surface area contributed by atoms with Gasteiger partial charge in [-0.25, -0.2) is 0 Å². The number of hydrogen-bond acceptors (Lipinski definition) is 3. The van der Waals surface area contributed by atoms with E-state index in [1.807, 2.05) is 12.1 Å². The normalized spacial score (nSPS) is 30.6. The Labute approximate surface area is 139 Å². The fourth-order valence-electron chi connectivity index (χ4n) is 4.07. The van der Waals surface area contributed by atoms with Crippen molar-refractivity contribution in [1.82, 2.24) is 9.80 Å². The van der Waals surface area contributed by atoms with Crippen LogP contribution >= 0.6 is 11.6 Å². The highest BCUT2D eigenvalue weighted by Crippen LogP contribution is 2.37. The van der Waals surface area contributed by atoms with Gasteiger partial charge in [-0.05, 0) is 57.0 Å². The van der Waals surface area contributed by atoms with Crippen molar-refractivity contribution in [2.24, 2.45) is 0 Å². The zero-order chi connectivity index (χ0) is 15.5. The highest BCUT2D eigenvalue weighted by molar-refractivity contribution is 6.30. The second kappa shape index (κ2) is 7.31. The van der Waals surface area contributed by atoms with Crippen LogP contribution in [0.1, 0.15) is 30.7 Å². The minimum atomic E-state index is 0.600. The molecule has 0 radical (unpaired) electrons. The molecule has 3 rings (SSSR count). The van der Waals surface area contributed by atoms with E-state index >= 15 is 0 Å². The quantitative estimate of drug-likeness (QED) is 0.849. The van der Waals surface area contributed by atoms with Gasteiger partial charge >= 0.3 is 0 Å². The largest absolute Gasteiger partial charge is 0.379 e. The first kappa shape index (κ1) is 16.3. The van der Waals surface area contributed by atoms with Crippen LogP contribution in [0.2, 0.25) is 5.02 Å². The van der Waals surface area contributed by atoms with Gasteiger partial charge in [0.2, 0.25) is 0 Å². The van der Waals surface area contributed by atoms with E-state index in [1.54, 1.807) is 0 Å². The monoisotopic (exact) mass is 322 g/mol. The molecule has 1 saturated carbocycles. The Morgan fingerprint density at radius 2 is 1.77 bits per heavy atom. The number of hydrogen-bond donors (Lipinski definition) is 0. The van der Waals surface area contributed by atoms with E-state index in [2.05, 4.69) is 36.0 Å². The third-order valence-electron chi connectivity index (χ3n) is 5.31. The lowest BCUT2D eigenvalue weighted by Gasteiger charge is -2.45. The van der Waals surface area contributed by atoms with Gasteiger partial charge in [0.1, 0.15) is 0 Å². The molecule has 3 nitrogen and oxygen atoms in total. The van der Waals surface area contributed by atoms with Crippen LogP contribution in [-0.2, 0) is 4.74 Å². The molecule has 22 heavy (non-hydrogen) atoms. The van der Waals surface area contributed by atoms with Gasteiger partial charge in [-0.3, -0.25) is 4.90 Å². The first-order valence-corrected chi connectivity index (χ1v) is 8.76. The molecular weight excluding hydrogens is 296 g/mol. The molecule has 0 spiro atoms. The molecule has 1 aliphatic heterocycles. The number of ether oxygens (including phenoxy) is 1. The average Bonchev–Trinajstić information content (AvgIpc) is 2.56. The van der Waals surface area contributed by atoms with Crippen molar-refractivity contribution in [3.05, 3.63) is 34.9 Å². The van der Waals surface area contributed by atoms with Crippen LogP contribution in [0.15, 0.2) is 24.3 Å². The summed E-state index contributed by atoms with van der Waals surface area (Å²) in [6.45, 7) is 3.97. The van der Waals surface area contributed by atoms with Crippen molar-refractivity contribution in [3.63, 3.8) is 0 Å². The number of halogens is 1. The number of likely N-dealkylation sites (N-methyl/N-ethyl adjacent to an activating group) is 1. The van der Waals surface area contributed by atoms with Gasteiger partial charge in [-0.15, -0.1) is 0 Å². The summed E-state index contributed by atoms with van der Waals surface area (Å²) < 4.78 is 5.50. The van der Waals surface area contributed by atoms with Crippen molar-refractivity contribution in [2.75, 3.05) is 40.4 Å². The fourth-order valence-corrected chi connectivity index (χ4v) is 4.19. The van der Waals surface area contributed by atoms with Gasteiger partial charge in [0, 0.05) is 30.2 Å². The number of rotatable bonds is 3. The van der Waals surface area contributed by atoms with Gasteiger partial charge in [0.15, 0.2) is 0 Å². The Morgan fingerprint density at radius 1 is 1.09 bits per heavy atom. The molecule has 1 heterocycles. The Kier molecular flexibility index (Phi) is 5.40. The summed E-state index contributed by atoms with van der Waals surface area (Å²) in [6.07, 6.45) is 3.80. The smallest absolute Gasteiger partial charge is 0.0594 e. The highest BCUT2D eigenvalue weighted by Gasteiger charge is 2.35. The minimum absolute atomic E-state index is 0.600. The van der Waals surface area contributed by atoms with Crippen LogP contribution in [0, 0.1) is 0 Å². The summed E-state index contributed by atoms with van der Waals surface area (Å²) >= 11 is 6.05. The zero-order valence-electron chi connectivity index (χ0n) is 13.7. The summed E-state index contributed by atoms with van der Waals surface area (Å²) in [6, 6.07) is 9.77. The lowest BCUT2D eigenvalue weighted by Crippen LogP contribution is -2.50. The van der Waals surface area contributed by atoms with Gasteiger partial charge in [0.05, 0.1) is 13.2 Å². The highest BCUT2D eigenvalue weighted by atomic mass is 35.5. The van der Waals surface area contributed by atoms with Crippen LogP contribution in [0.25, 0.3) is 0 Å². The summed E-state index contributed by atoms with van der Waals surface area (Å²) in [7, 11) is 4.44. The van der Waals surface area contributed by atoms with Gasteiger partial charge in [0.25, 0.3) is 0 Å². The fraction of sp³-hybridized carbons (Fsp3) is 0.667. The molecule has 0 amide bonds. The molecule has 0 N–H and O–H groups in total. The second-order valence-electron chi connectivity index (χ2n) is 6.80. The first-order chi connectivity index (χ1) is 10.6. The lowest BCUT2D eigenvalue weighted by atomic mass is 9.76. The molecule has 0 aromatic heterocycles. The molecule has 3 unspecified atom stereocenters. The molecule has 2 fully saturated rings. The SMILES string of the molecule is CN(C)C1CC(N2CCOCC2)CCC1c1ccc(Cl)cc1. The maximum Gasteiger partial charge on any atom is 0.0594 e. The molecule has 3 atom stereocenters. The summed E-state index contributed by atoms with van der Waals surface area (Å²) in [5.74, 6) is 0.615. The Hall–Kier alpha value is -0.610. The summed E-state index contributed by atoms with van der Waals surface area (Å²) in [5.41, 5.74) is 1.43. The molecule has 1 saturated heterocycles. The minimum Gasteiger partial charge on any atom is -0.379 e. The molecule has 1 aromatic carbocycles. The third-order valence-corrected chi connectivity index (χ3v) is 5.56. The first-order valence-electron chi connectivity index (χ1n) is 8.39. The standard InChI is InChI=1S/C18H27ClN2O/c1-20(2)18-13-16(21-9-11-22-12-10-21)7-8-17(18)14-3-5-15(19)6-4-14/h3-6,16-18H,7-13H2,1-2H3. The molecule has 122 valence electrons. The van der Waals surface area contributed by atoms with Crippen molar-refractivity contribution in [3.8, 4) is 0 Å². The van der Waals surface area contributed by atoms with E-state index < -0.39 is 0 Å². The summed E-state index contributed by atoms with van der Waals surface area (Å²) in [5, 5.41) is 0.826. The van der Waals surface area contributed by atoms with E-state index in [9.17, 15) is 0 Å². The average molecular weight is 323 g/mol. The second-order valence-corrected chi connectivity index (χ2v) is 7.24. The Balaban J connectivity index is 1.72. The van der Waals surface area contributed by atoms with E-state index in [-0.39, 0.29) is 0 Å². The predicted molar refractivity (Wildman–Crippen MR) is 91.7 cm³/mol. The molecule has 4 heteroatoms. The summed E-state index contributed by atoms with van der Waals surface area (Å²) in [4.78, 5) is 5.05. The number of nitrogens with zero attached hydrogens (tertiary/aromatic N) is 2. The van der Waals surface area contributed by atoms with E-state index in [0.717, 1.165) is 31.3 Å². The Bertz CT molecular complexity index is 470. The topological polar surface area (TPSA) is 15.7 Å². The molecule has 0 bridgehead atoms.